The number of likely N-dealkylation sites (tertiary alicyclic amines) is 1. The first-order chi connectivity index (χ1) is 8.25. The van der Waals surface area contributed by atoms with Gasteiger partial charge in [0.05, 0.1) is 6.54 Å². The van der Waals surface area contributed by atoms with E-state index in [0.717, 1.165) is 38.8 Å². The Morgan fingerprint density at radius 1 is 1.12 bits per heavy atom. The Morgan fingerprint density at radius 2 is 1.82 bits per heavy atom. The maximum absolute atomic E-state index is 11.9. The van der Waals surface area contributed by atoms with Crippen LogP contribution in [-0.4, -0.2) is 54.1 Å². The van der Waals surface area contributed by atoms with Crippen molar-refractivity contribution in [3.05, 3.63) is 0 Å². The quantitative estimate of drug-likeness (QED) is 0.716. The van der Waals surface area contributed by atoms with E-state index in [1.807, 2.05) is 9.80 Å². The minimum Gasteiger partial charge on any atom is -0.448 e. The van der Waals surface area contributed by atoms with Gasteiger partial charge in [-0.15, -0.1) is 0 Å². The van der Waals surface area contributed by atoms with Crippen molar-refractivity contribution in [2.24, 2.45) is 5.92 Å². The molecule has 5 nitrogen and oxygen atoms in total. The minimum absolute atomic E-state index is 0.183. The van der Waals surface area contributed by atoms with E-state index in [2.05, 4.69) is 0 Å². The summed E-state index contributed by atoms with van der Waals surface area (Å²) in [4.78, 5) is 27.1. The SMILES string of the molecule is O=C(C1CC1)N1CCC(N2CCOC2=O)CC1. The molecule has 1 saturated carbocycles. The van der Waals surface area contributed by atoms with Crippen LogP contribution in [0.15, 0.2) is 0 Å². The fourth-order valence-electron chi connectivity index (χ4n) is 2.72. The standard InChI is InChI=1S/C12H18N2O3/c15-11(9-1-2-9)13-5-3-10(4-6-13)14-7-8-17-12(14)16/h9-10H,1-8H2. The van der Waals surface area contributed by atoms with Crippen molar-refractivity contribution >= 4 is 12.0 Å². The predicted octanol–water partition coefficient (Wildman–Crippen LogP) is 0.840. The Labute approximate surface area is 101 Å². The molecule has 17 heavy (non-hydrogen) atoms. The zero-order valence-electron chi connectivity index (χ0n) is 9.93. The molecule has 2 heterocycles. The summed E-state index contributed by atoms with van der Waals surface area (Å²) >= 11 is 0. The van der Waals surface area contributed by atoms with Gasteiger partial charge in [-0.05, 0) is 25.7 Å². The third kappa shape index (κ3) is 2.10. The lowest BCUT2D eigenvalue weighted by atomic mass is 10.0. The maximum Gasteiger partial charge on any atom is 0.410 e. The molecule has 0 N–H and O–H groups in total. The average molecular weight is 238 g/mol. The average Bonchev–Trinajstić information content (AvgIpc) is 3.12. The molecule has 2 aliphatic heterocycles. The smallest absolute Gasteiger partial charge is 0.410 e. The van der Waals surface area contributed by atoms with Crippen LogP contribution in [0.25, 0.3) is 0 Å². The van der Waals surface area contributed by atoms with Crippen LogP contribution in [-0.2, 0) is 9.53 Å². The van der Waals surface area contributed by atoms with Crippen LogP contribution >= 0.6 is 0 Å². The van der Waals surface area contributed by atoms with Gasteiger partial charge >= 0.3 is 6.09 Å². The van der Waals surface area contributed by atoms with Crippen LogP contribution < -0.4 is 0 Å². The predicted molar refractivity (Wildman–Crippen MR) is 60.4 cm³/mol. The van der Waals surface area contributed by atoms with Gasteiger partial charge in [-0.25, -0.2) is 4.79 Å². The highest BCUT2D eigenvalue weighted by Gasteiger charge is 2.37. The highest BCUT2D eigenvalue weighted by molar-refractivity contribution is 5.81. The van der Waals surface area contributed by atoms with Gasteiger partial charge < -0.3 is 14.5 Å². The summed E-state index contributed by atoms with van der Waals surface area (Å²) in [5, 5.41) is 0. The zero-order chi connectivity index (χ0) is 11.8. The molecule has 2 amide bonds. The molecule has 3 rings (SSSR count). The molecule has 0 aromatic heterocycles. The summed E-state index contributed by atoms with van der Waals surface area (Å²) in [6, 6.07) is 0.272. The van der Waals surface area contributed by atoms with Crippen molar-refractivity contribution < 1.29 is 14.3 Å². The van der Waals surface area contributed by atoms with Crippen LogP contribution in [0.5, 0.6) is 0 Å². The van der Waals surface area contributed by atoms with E-state index in [1.54, 1.807) is 0 Å². The van der Waals surface area contributed by atoms with Crippen LogP contribution in [0.1, 0.15) is 25.7 Å². The highest BCUT2D eigenvalue weighted by atomic mass is 16.6. The van der Waals surface area contributed by atoms with Crippen LogP contribution in [0.2, 0.25) is 0 Å². The summed E-state index contributed by atoms with van der Waals surface area (Å²) in [5.41, 5.74) is 0. The largest absolute Gasteiger partial charge is 0.448 e. The lowest BCUT2D eigenvalue weighted by Gasteiger charge is -2.35. The Kier molecular flexibility index (Phi) is 2.68. The van der Waals surface area contributed by atoms with E-state index in [9.17, 15) is 9.59 Å². The molecule has 0 spiro atoms. The number of ether oxygens (including phenoxy) is 1. The third-order valence-corrected chi connectivity index (χ3v) is 3.94. The van der Waals surface area contributed by atoms with E-state index < -0.39 is 0 Å². The molecule has 0 bridgehead atoms. The first kappa shape index (κ1) is 10.9. The first-order valence-corrected chi connectivity index (χ1v) is 6.48. The van der Waals surface area contributed by atoms with Crippen molar-refractivity contribution in [3.63, 3.8) is 0 Å². The fourth-order valence-corrected chi connectivity index (χ4v) is 2.72. The van der Waals surface area contributed by atoms with Gasteiger partial charge in [-0.1, -0.05) is 0 Å². The molecule has 1 aliphatic carbocycles. The van der Waals surface area contributed by atoms with E-state index in [1.165, 1.54) is 0 Å². The molecule has 0 aromatic carbocycles. The lowest BCUT2D eigenvalue weighted by molar-refractivity contribution is -0.133. The molecular weight excluding hydrogens is 220 g/mol. The second kappa shape index (κ2) is 4.20. The van der Waals surface area contributed by atoms with Gasteiger partial charge in [0.1, 0.15) is 6.61 Å². The van der Waals surface area contributed by atoms with Crippen LogP contribution in [0.4, 0.5) is 4.79 Å². The number of hydrogen-bond acceptors (Lipinski definition) is 3. The number of carbonyl (C=O) groups excluding carboxylic acids is 2. The number of hydrogen-bond donors (Lipinski definition) is 0. The molecule has 2 saturated heterocycles. The summed E-state index contributed by atoms with van der Waals surface area (Å²) in [5.74, 6) is 0.635. The third-order valence-electron chi connectivity index (χ3n) is 3.94. The molecule has 0 unspecified atom stereocenters. The van der Waals surface area contributed by atoms with Crippen LogP contribution in [0, 0.1) is 5.92 Å². The van der Waals surface area contributed by atoms with E-state index in [4.69, 9.17) is 4.74 Å². The molecule has 0 atom stereocenters. The number of cyclic esters (lactones) is 1. The first-order valence-electron chi connectivity index (χ1n) is 6.48. The Morgan fingerprint density at radius 3 is 2.35 bits per heavy atom. The van der Waals surface area contributed by atoms with Gasteiger partial charge in [-0.3, -0.25) is 4.79 Å². The Bertz CT molecular complexity index is 333. The summed E-state index contributed by atoms with van der Waals surface area (Å²) in [6.45, 7) is 2.81. The van der Waals surface area contributed by atoms with Crippen molar-refractivity contribution in [1.29, 1.82) is 0 Å². The van der Waals surface area contributed by atoms with Crippen molar-refractivity contribution in [1.82, 2.24) is 9.80 Å². The van der Waals surface area contributed by atoms with Gasteiger partial charge in [-0.2, -0.15) is 0 Å². The second-order valence-corrected chi connectivity index (χ2v) is 5.14. The Hall–Kier alpha value is -1.26. The molecule has 94 valence electrons. The molecular formula is C12H18N2O3. The van der Waals surface area contributed by atoms with Gasteiger partial charge in [0.25, 0.3) is 0 Å². The molecule has 0 aromatic rings. The number of nitrogens with zero attached hydrogens (tertiary/aromatic N) is 2. The number of amides is 2. The topological polar surface area (TPSA) is 49.9 Å². The van der Waals surface area contributed by atoms with Gasteiger partial charge in [0, 0.05) is 25.0 Å². The molecule has 3 aliphatic rings. The van der Waals surface area contributed by atoms with Gasteiger partial charge in [0.15, 0.2) is 0 Å². The second-order valence-electron chi connectivity index (χ2n) is 5.14. The number of carbonyl (C=O) groups is 2. The van der Waals surface area contributed by atoms with Crippen molar-refractivity contribution in [2.45, 2.75) is 31.7 Å². The fraction of sp³-hybridized carbons (Fsp3) is 0.833. The van der Waals surface area contributed by atoms with E-state index >= 15 is 0 Å². The maximum atomic E-state index is 11.9. The zero-order valence-corrected chi connectivity index (χ0v) is 9.93. The highest BCUT2D eigenvalue weighted by Crippen LogP contribution is 2.32. The normalized spacial score (nSPS) is 26.2. The van der Waals surface area contributed by atoms with E-state index in [-0.39, 0.29) is 12.1 Å². The lowest BCUT2D eigenvalue weighted by Crippen LogP contribution is -2.47. The van der Waals surface area contributed by atoms with E-state index in [0.29, 0.717) is 25.0 Å². The molecule has 5 heteroatoms. The summed E-state index contributed by atoms with van der Waals surface area (Å²) in [6.07, 6.45) is 3.74. The summed E-state index contributed by atoms with van der Waals surface area (Å²) < 4.78 is 4.95. The monoisotopic (exact) mass is 238 g/mol. The minimum atomic E-state index is -0.183. The number of rotatable bonds is 2. The van der Waals surface area contributed by atoms with Crippen molar-refractivity contribution in [3.8, 4) is 0 Å². The molecule has 3 fully saturated rings. The van der Waals surface area contributed by atoms with Gasteiger partial charge in [0.2, 0.25) is 5.91 Å². The van der Waals surface area contributed by atoms with Crippen molar-refractivity contribution in [2.75, 3.05) is 26.2 Å². The number of piperidine rings is 1. The summed E-state index contributed by atoms with van der Waals surface area (Å²) in [7, 11) is 0. The molecule has 0 radical (unpaired) electrons. The Balaban J connectivity index is 1.53. The van der Waals surface area contributed by atoms with Crippen LogP contribution in [0.3, 0.4) is 0 Å².